The maximum atomic E-state index is 10.6. The van der Waals surface area contributed by atoms with Crippen LogP contribution in [0.5, 0.6) is 11.5 Å². The summed E-state index contributed by atoms with van der Waals surface area (Å²) in [5, 5.41) is 8.72. The minimum atomic E-state index is -0.744. The molecular weight excluding hydrogens is 318 g/mol. The van der Waals surface area contributed by atoms with Gasteiger partial charge in [0.05, 0.1) is 14.2 Å². The van der Waals surface area contributed by atoms with Gasteiger partial charge < -0.3 is 14.6 Å². The van der Waals surface area contributed by atoms with E-state index in [0.717, 1.165) is 24.2 Å². The van der Waals surface area contributed by atoms with Crippen LogP contribution in [0, 0.1) is 0 Å². The number of hydrogen-bond donors (Lipinski definition) is 1. The molecule has 0 aliphatic rings. The minimum absolute atomic E-state index is 0.213. The summed E-state index contributed by atoms with van der Waals surface area (Å²) in [4.78, 5) is 10.6. The molecule has 1 N–H and O–H groups in total. The zero-order chi connectivity index (χ0) is 18.1. The monoisotopic (exact) mass is 342 g/mol. The Hall–Kier alpha value is -2.82. The number of benzene rings is 1. The van der Waals surface area contributed by atoms with E-state index in [1.165, 1.54) is 0 Å². The van der Waals surface area contributed by atoms with E-state index in [9.17, 15) is 4.79 Å². The average molecular weight is 342 g/mol. The predicted octanol–water partition coefficient (Wildman–Crippen LogP) is 3.42. The molecule has 1 aromatic carbocycles. The van der Waals surface area contributed by atoms with Gasteiger partial charge in [-0.2, -0.15) is 4.57 Å². The standard InChI is InChI=1S/C20H23NO4/c1-24-18-12-10-16(15-19(18)25-2)9-11-17-7-3-5-13-21(17)14-6-4-8-20(22)23/h3,5,7,9-13,15H,4,6,8,14H2,1-2H3/p+1/b11-9+. The second-order valence-electron chi connectivity index (χ2n) is 5.62. The first kappa shape index (κ1) is 18.5. The van der Waals surface area contributed by atoms with Crippen LogP contribution in [0.1, 0.15) is 30.5 Å². The van der Waals surface area contributed by atoms with Crippen LogP contribution in [-0.2, 0) is 11.3 Å². The Kier molecular flexibility index (Phi) is 7.01. The fourth-order valence-electron chi connectivity index (χ4n) is 2.54. The molecule has 0 spiro atoms. The molecule has 25 heavy (non-hydrogen) atoms. The van der Waals surface area contributed by atoms with Gasteiger partial charge in [-0.3, -0.25) is 4.79 Å². The van der Waals surface area contributed by atoms with E-state index >= 15 is 0 Å². The second-order valence-corrected chi connectivity index (χ2v) is 5.62. The molecule has 2 rings (SSSR count). The number of aryl methyl sites for hydroxylation is 1. The van der Waals surface area contributed by atoms with Crippen LogP contribution >= 0.6 is 0 Å². The Bertz CT molecular complexity index is 740. The van der Waals surface area contributed by atoms with Gasteiger partial charge in [-0.25, -0.2) is 0 Å². The number of methoxy groups -OCH3 is 2. The molecule has 0 amide bonds. The summed E-state index contributed by atoms with van der Waals surface area (Å²) in [6.45, 7) is 0.791. The molecule has 0 atom stereocenters. The van der Waals surface area contributed by atoms with Crippen molar-refractivity contribution in [2.75, 3.05) is 14.2 Å². The van der Waals surface area contributed by atoms with Crippen LogP contribution in [-0.4, -0.2) is 25.3 Å². The zero-order valence-corrected chi connectivity index (χ0v) is 14.6. The number of pyridine rings is 1. The maximum absolute atomic E-state index is 10.6. The summed E-state index contributed by atoms with van der Waals surface area (Å²) >= 11 is 0. The van der Waals surface area contributed by atoms with Crippen LogP contribution in [0.4, 0.5) is 0 Å². The quantitative estimate of drug-likeness (QED) is 0.560. The Labute approximate surface area is 148 Å². The normalized spacial score (nSPS) is 10.8. The Balaban J connectivity index is 2.09. The Morgan fingerprint density at radius 3 is 2.60 bits per heavy atom. The number of rotatable bonds is 9. The molecule has 2 aromatic rings. The van der Waals surface area contributed by atoms with Crippen LogP contribution in [0.3, 0.4) is 0 Å². The molecule has 1 heterocycles. The zero-order valence-electron chi connectivity index (χ0n) is 14.6. The third-order valence-corrected chi connectivity index (χ3v) is 3.87. The number of aromatic nitrogens is 1. The number of hydrogen-bond acceptors (Lipinski definition) is 3. The SMILES string of the molecule is COc1ccc(/C=C/c2cccc[n+]2CCCCC(=O)O)cc1OC. The van der Waals surface area contributed by atoms with E-state index in [1.807, 2.05) is 54.7 Å². The molecule has 0 radical (unpaired) electrons. The summed E-state index contributed by atoms with van der Waals surface area (Å²) in [7, 11) is 3.23. The van der Waals surface area contributed by atoms with Gasteiger partial charge in [0, 0.05) is 31.1 Å². The molecule has 0 aliphatic carbocycles. The number of carbonyl (C=O) groups is 1. The second kappa shape index (κ2) is 9.47. The minimum Gasteiger partial charge on any atom is -0.493 e. The third-order valence-electron chi connectivity index (χ3n) is 3.87. The molecule has 0 unspecified atom stereocenters. The highest BCUT2D eigenvalue weighted by atomic mass is 16.5. The molecule has 0 aliphatic heterocycles. The molecule has 0 saturated heterocycles. The number of carboxylic acids is 1. The van der Waals surface area contributed by atoms with Gasteiger partial charge in [0.25, 0.3) is 0 Å². The summed E-state index contributed by atoms with van der Waals surface area (Å²) in [6, 6.07) is 11.8. The summed E-state index contributed by atoms with van der Waals surface area (Å²) < 4.78 is 12.7. The van der Waals surface area contributed by atoms with E-state index < -0.39 is 5.97 Å². The summed E-state index contributed by atoms with van der Waals surface area (Å²) in [6.07, 6.45) is 7.79. The fourth-order valence-corrected chi connectivity index (χ4v) is 2.54. The highest BCUT2D eigenvalue weighted by Gasteiger charge is 2.08. The first-order valence-electron chi connectivity index (χ1n) is 8.24. The van der Waals surface area contributed by atoms with Crippen molar-refractivity contribution < 1.29 is 23.9 Å². The van der Waals surface area contributed by atoms with Crippen molar-refractivity contribution in [1.29, 1.82) is 0 Å². The van der Waals surface area contributed by atoms with Gasteiger partial charge in [0.15, 0.2) is 17.7 Å². The summed E-state index contributed by atoms with van der Waals surface area (Å²) in [5.74, 6) is 0.652. The van der Waals surface area contributed by atoms with Gasteiger partial charge in [-0.15, -0.1) is 0 Å². The number of ether oxygens (including phenoxy) is 2. The van der Waals surface area contributed by atoms with Crippen LogP contribution < -0.4 is 14.0 Å². The van der Waals surface area contributed by atoms with Crippen LogP contribution in [0.25, 0.3) is 12.2 Å². The number of aliphatic carboxylic acids is 1. The van der Waals surface area contributed by atoms with Crippen molar-refractivity contribution in [3.8, 4) is 11.5 Å². The molecular formula is C20H24NO4+. The topological polar surface area (TPSA) is 59.6 Å². The average Bonchev–Trinajstić information content (AvgIpc) is 2.63. The third kappa shape index (κ3) is 5.64. The maximum Gasteiger partial charge on any atom is 0.303 e. The van der Waals surface area contributed by atoms with Crippen LogP contribution in [0.15, 0.2) is 42.6 Å². The highest BCUT2D eigenvalue weighted by Crippen LogP contribution is 2.28. The first-order chi connectivity index (χ1) is 12.1. The molecule has 0 fully saturated rings. The van der Waals surface area contributed by atoms with Crippen molar-refractivity contribution in [2.24, 2.45) is 0 Å². The number of carboxylic acid groups (broad SMARTS) is 1. The van der Waals surface area contributed by atoms with Crippen molar-refractivity contribution in [3.63, 3.8) is 0 Å². The predicted molar refractivity (Wildman–Crippen MR) is 96.6 cm³/mol. The van der Waals surface area contributed by atoms with Gasteiger partial charge in [-0.05, 0) is 36.3 Å². The summed E-state index contributed by atoms with van der Waals surface area (Å²) in [5.41, 5.74) is 2.08. The van der Waals surface area contributed by atoms with Gasteiger partial charge >= 0.3 is 5.97 Å². The molecule has 132 valence electrons. The lowest BCUT2D eigenvalue weighted by atomic mass is 10.1. The van der Waals surface area contributed by atoms with Gasteiger partial charge in [0.1, 0.15) is 6.54 Å². The van der Waals surface area contributed by atoms with E-state index in [2.05, 4.69) is 4.57 Å². The fraction of sp³-hybridized carbons (Fsp3) is 0.300. The Morgan fingerprint density at radius 1 is 1.08 bits per heavy atom. The van der Waals surface area contributed by atoms with E-state index in [0.29, 0.717) is 17.9 Å². The smallest absolute Gasteiger partial charge is 0.303 e. The largest absolute Gasteiger partial charge is 0.493 e. The van der Waals surface area contributed by atoms with Crippen LogP contribution in [0.2, 0.25) is 0 Å². The number of nitrogens with zero attached hydrogens (tertiary/aromatic N) is 1. The van der Waals surface area contributed by atoms with Crippen molar-refractivity contribution in [3.05, 3.63) is 53.9 Å². The highest BCUT2D eigenvalue weighted by molar-refractivity contribution is 5.68. The Morgan fingerprint density at radius 2 is 1.88 bits per heavy atom. The molecule has 5 nitrogen and oxygen atoms in total. The molecule has 1 aromatic heterocycles. The van der Waals surface area contributed by atoms with E-state index in [-0.39, 0.29) is 6.42 Å². The first-order valence-corrected chi connectivity index (χ1v) is 8.24. The lowest BCUT2D eigenvalue weighted by Gasteiger charge is -2.07. The molecule has 0 bridgehead atoms. The van der Waals surface area contributed by atoms with Gasteiger partial charge in [0.2, 0.25) is 5.69 Å². The van der Waals surface area contributed by atoms with Crippen molar-refractivity contribution >= 4 is 18.1 Å². The number of unbranched alkanes of at least 4 members (excludes halogenated alkanes) is 1. The van der Waals surface area contributed by atoms with E-state index in [1.54, 1.807) is 14.2 Å². The van der Waals surface area contributed by atoms with Crippen molar-refractivity contribution in [1.82, 2.24) is 0 Å². The molecule has 0 saturated carbocycles. The van der Waals surface area contributed by atoms with Crippen molar-refractivity contribution in [2.45, 2.75) is 25.8 Å². The lowest BCUT2D eigenvalue weighted by Crippen LogP contribution is -2.36. The van der Waals surface area contributed by atoms with E-state index in [4.69, 9.17) is 14.6 Å². The molecule has 5 heteroatoms. The van der Waals surface area contributed by atoms with Gasteiger partial charge in [-0.1, -0.05) is 6.07 Å². The lowest BCUT2D eigenvalue weighted by molar-refractivity contribution is -0.699.